The first-order valence-corrected chi connectivity index (χ1v) is 46.3. The maximum absolute atomic E-state index is 13.1. The van der Waals surface area contributed by atoms with Crippen LogP contribution in [0, 0.1) is 0 Å². The predicted molar refractivity (Wildman–Crippen MR) is 419 cm³/mol. The van der Waals surface area contributed by atoms with Gasteiger partial charge in [-0.05, 0) is 25.7 Å². The third-order valence-corrected chi connectivity index (χ3v) is 21.5. The highest BCUT2D eigenvalue weighted by Crippen LogP contribution is 2.45. The molecule has 2 unspecified atom stereocenters. The van der Waals surface area contributed by atoms with Gasteiger partial charge in [0.05, 0.1) is 26.4 Å². The topological polar surface area (TPSA) is 237 Å². The van der Waals surface area contributed by atoms with E-state index in [0.717, 1.165) is 96.3 Å². The van der Waals surface area contributed by atoms with Gasteiger partial charge in [-0.2, -0.15) is 0 Å². The van der Waals surface area contributed by atoms with E-state index in [4.69, 9.17) is 37.0 Å². The van der Waals surface area contributed by atoms with E-state index in [1.165, 1.54) is 276 Å². The molecule has 3 N–H and O–H groups in total. The van der Waals surface area contributed by atoms with E-state index in [9.17, 15) is 43.2 Å². The second kappa shape index (κ2) is 77.2. The summed E-state index contributed by atoms with van der Waals surface area (Å²) in [6.07, 6.45) is 71.5. The molecule has 17 nitrogen and oxygen atoms in total. The monoisotopic (exact) mass is 1490 g/mol. The molecule has 0 aromatic heterocycles. The van der Waals surface area contributed by atoms with Crippen molar-refractivity contribution in [2.75, 3.05) is 39.6 Å². The molecule has 0 saturated carbocycles. The number of phosphoric ester groups is 2. The van der Waals surface area contributed by atoms with E-state index < -0.39 is 97.5 Å². The van der Waals surface area contributed by atoms with Gasteiger partial charge in [0.25, 0.3) is 0 Å². The van der Waals surface area contributed by atoms with Crippen LogP contribution in [0.2, 0.25) is 0 Å². The van der Waals surface area contributed by atoms with Gasteiger partial charge in [-0.15, -0.1) is 0 Å². The summed E-state index contributed by atoms with van der Waals surface area (Å²) in [7, 11) is -9.91. The lowest BCUT2D eigenvalue weighted by atomic mass is 10.0. The molecule has 5 atom stereocenters. The summed E-state index contributed by atoms with van der Waals surface area (Å²) in [6.45, 7) is 4.93. The van der Waals surface area contributed by atoms with E-state index in [2.05, 4.69) is 27.7 Å². The van der Waals surface area contributed by atoms with Crippen molar-refractivity contribution < 1.29 is 80.2 Å². The Balaban J connectivity index is 5.08. The highest BCUT2D eigenvalue weighted by atomic mass is 31.2. The molecule has 0 heterocycles. The number of rotatable bonds is 84. The second-order valence-electron chi connectivity index (χ2n) is 29.9. The third kappa shape index (κ3) is 76.3. The summed E-state index contributed by atoms with van der Waals surface area (Å²) in [5.41, 5.74) is 0. The maximum atomic E-state index is 13.1. The van der Waals surface area contributed by atoms with Gasteiger partial charge in [-0.1, -0.05) is 400 Å². The van der Waals surface area contributed by atoms with Gasteiger partial charge in [0.1, 0.15) is 19.3 Å². The average Bonchev–Trinajstić information content (AvgIpc) is 1.21. The van der Waals surface area contributed by atoms with E-state index in [1.54, 1.807) is 0 Å². The summed E-state index contributed by atoms with van der Waals surface area (Å²) < 4.78 is 68.5. The molecule has 0 aliphatic carbocycles. The molecule has 0 saturated heterocycles. The molecule has 0 radical (unpaired) electrons. The van der Waals surface area contributed by atoms with Crippen molar-refractivity contribution in [3.05, 3.63) is 0 Å². The minimum atomic E-state index is -4.96. The summed E-state index contributed by atoms with van der Waals surface area (Å²) >= 11 is 0. The van der Waals surface area contributed by atoms with Gasteiger partial charge in [-0.3, -0.25) is 37.3 Å². The molecule has 0 spiro atoms. The van der Waals surface area contributed by atoms with Crippen LogP contribution >= 0.6 is 15.6 Å². The van der Waals surface area contributed by atoms with E-state index in [1.807, 2.05) is 0 Å². The minimum absolute atomic E-state index is 0.107. The highest BCUT2D eigenvalue weighted by molar-refractivity contribution is 7.47. The lowest BCUT2D eigenvalue weighted by Crippen LogP contribution is -2.30. The number of aliphatic hydroxyl groups excluding tert-OH is 1. The van der Waals surface area contributed by atoms with Crippen molar-refractivity contribution in [1.82, 2.24) is 0 Å². The zero-order valence-corrected chi connectivity index (χ0v) is 68.4. The average molecular weight is 1490 g/mol. The first-order valence-electron chi connectivity index (χ1n) is 43.3. The number of hydrogen-bond acceptors (Lipinski definition) is 15. The molecule has 102 heavy (non-hydrogen) atoms. The summed E-state index contributed by atoms with van der Waals surface area (Å²) in [6, 6.07) is 0. The van der Waals surface area contributed by atoms with Crippen LogP contribution in [0.25, 0.3) is 0 Å². The largest absolute Gasteiger partial charge is 0.472 e. The Bertz CT molecular complexity index is 1930. The van der Waals surface area contributed by atoms with Crippen molar-refractivity contribution in [1.29, 1.82) is 0 Å². The Labute approximate surface area is 626 Å². The highest BCUT2D eigenvalue weighted by Gasteiger charge is 2.30. The molecule has 0 bridgehead atoms. The van der Waals surface area contributed by atoms with Gasteiger partial charge in [0.2, 0.25) is 0 Å². The van der Waals surface area contributed by atoms with Crippen molar-refractivity contribution in [3.63, 3.8) is 0 Å². The Morgan fingerprint density at radius 2 is 0.392 bits per heavy atom. The Morgan fingerprint density at radius 1 is 0.235 bits per heavy atom. The molecule has 0 fully saturated rings. The van der Waals surface area contributed by atoms with Crippen LogP contribution in [0.15, 0.2) is 0 Å². The van der Waals surface area contributed by atoms with E-state index in [0.29, 0.717) is 25.7 Å². The zero-order valence-electron chi connectivity index (χ0n) is 66.6. The molecule has 0 aromatic rings. The lowest BCUT2D eigenvalue weighted by Gasteiger charge is -2.21. The number of ether oxygens (including phenoxy) is 4. The Morgan fingerprint density at radius 3 is 0.578 bits per heavy atom. The number of aliphatic hydroxyl groups is 1. The zero-order chi connectivity index (χ0) is 74.6. The molecule has 0 aliphatic rings. The van der Waals surface area contributed by atoms with Gasteiger partial charge >= 0.3 is 39.5 Å². The lowest BCUT2D eigenvalue weighted by molar-refractivity contribution is -0.161. The number of hydrogen-bond donors (Lipinski definition) is 3. The van der Waals surface area contributed by atoms with Crippen LogP contribution in [0.3, 0.4) is 0 Å². The Kier molecular flexibility index (Phi) is 75.8. The molecule has 606 valence electrons. The summed E-state index contributed by atoms with van der Waals surface area (Å²) in [4.78, 5) is 72.7. The molecule has 19 heteroatoms. The number of unbranched alkanes of at least 4 members (excludes halogenated alkanes) is 58. The first-order chi connectivity index (χ1) is 49.7. The van der Waals surface area contributed by atoms with Crippen LogP contribution in [-0.2, 0) is 65.4 Å². The van der Waals surface area contributed by atoms with Crippen LogP contribution in [0.4, 0.5) is 0 Å². The SMILES string of the molecule is CCCCCCCCCCCCCCCCCCCCCCCCC(=O)OC[C@H](COP(=O)(O)OC[C@@H](O)COP(=O)(O)OC[C@@H](COC(=O)CCCCCCC)OC(=O)CCCCCCCCCCCCCCC)OC(=O)CCCCCCCCCCCCCCCCCCCCCCCC. The van der Waals surface area contributed by atoms with Crippen LogP contribution in [0.5, 0.6) is 0 Å². The Hall–Kier alpha value is -1.94. The third-order valence-electron chi connectivity index (χ3n) is 19.6. The molecular weight excluding hydrogens is 1330 g/mol. The molecule has 0 amide bonds. The summed E-state index contributed by atoms with van der Waals surface area (Å²) in [5, 5.41) is 10.6. The maximum Gasteiger partial charge on any atom is 0.472 e. The van der Waals surface area contributed by atoms with Crippen LogP contribution in [-0.4, -0.2) is 96.7 Å². The standard InChI is InChI=1S/C83H162O17P2/c1-5-9-13-17-20-23-26-29-31-33-35-37-39-41-43-45-48-50-53-56-60-64-68-81(86)94-74-79(100-83(88)70-66-62-58-55-52-49-46-44-42-40-38-36-34-32-30-27-24-21-18-14-10-6-2)76-98-102(91,92)96-72-77(84)71-95-101(89,90)97-75-78(73-93-80(85)67-63-59-16-12-8-4)99-82(87)69-65-61-57-54-51-47-28-25-22-19-15-11-7-3/h77-79,84H,5-76H2,1-4H3,(H,89,90)(H,91,92)/t77-,78+,79+/m0/s1. The number of phosphoric acid groups is 2. The molecule has 0 rings (SSSR count). The fourth-order valence-electron chi connectivity index (χ4n) is 13.0. The van der Waals surface area contributed by atoms with Crippen molar-refractivity contribution >= 4 is 39.5 Å². The smallest absolute Gasteiger partial charge is 0.462 e. The van der Waals surface area contributed by atoms with Crippen molar-refractivity contribution in [2.45, 2.75) is 470 Å². The summed E-state index contributed by atoms with van der Waals surface area (Å²) in [5.74, 6) is -2.12. The fourth-order valence-corrected chi connectivity index (χ4v) is 14.6. The number of esters is 4. The van der Waals surface area contributed by atoms with Crippen molar-refractivity contribution in [2.24, 2.45) is 0 Å². The predicted octanol–water partition coefficient (Wildman–Crippen LogP) is 25.4. The van der Waals surface area contributed by atoms with Gasteiger partial charge in [-0.25, -0.2) is 9.13 Å². The van der Waals surface area contributed by atoms with E-state index >= 15 is 0 Å². The molecular formula is C83H162O17P2. The molecule has 0 aromatic carbocycles. The van der Waals surface area contributed by atoms with Crippen molar-refractivity contribution in [3.8, 4) is 0 Å². The van der Waals surface area contributed by atoms with Gasteiger partial charge < -0.3 is 33.8 Å². The van der Waals surface area contributed by atoms with Crippen LogP contribution in [0.1, 0.15) is 451 Å². The van der Waals surface area contributed by atoms with Gasteiger partial charge in [0.15, 0.2) is 12.2 Å². The number of carbonyl (C=O) groups excluding carboxylic acids is 4. The quantitative estimate of drug-likeness (QED) is 0.0222. The number of carbonyl (C=O) groups is 4. The fraction of sp³-hybridized carbons (Fsp3) is 0.952. The van der Waals surface area contributed by atoms with E-state index in [-0.39, 0.29) is 25.7 Å². The van der Waals surface area contributed by atoms with Crippen LogP contribution < -0.4 is 0 Å². The second-order valence-corrected chi connectivity index (χ2v) is 32.8. The molecule has 0 aliphatic heterocycles. The minimum Gasteiger partial charge on any atom is -0.462 e. The first kappa shape index (κ1) is 100. The normalized spacial score (nSPS) is 13.8. The van der Waals surface area contributed by atoms with Gasteiger partial charge in [0, 0.05) is 25.7 Å².